The maximum absolute atomic E-state index is 2.90. The fraction of sp³-hybridized carbons (Fsp3) is 1.00. The zero-order valence-corrected chi connectivity index (χ0v) is 12.8. The number of fused-ring (bicyclic) bond motifs is 1. The number of hydrogen-bond acceptors (Lipinski definition) is 2. The molecule has 4 unspecified atom stereocenters. The van der Waals surface area contributed by atoms with Crippen molar-refractivity contribution in [1.29, 1.82) is 0 Å². The minimum atomic E-state index is 0.744. The van der Waals surface area contributed by atoms with E-state index in [4.69, 9.17) is 0 Å². The van der Waals surface area contributed by atoms with Crippen molar-refractivity contribution in [2.24, 2.45) is 23.2 Å². The molecule has 2 heteroatoms. The van der Waals surface area contributed by atoms with Crippen LogP contribution in [0.25, 0.3) is 0 Å². The molecule has 0 amide bonds. The Morgan fingerprint density at radius 2 is 1.79 bits per heavy atom. The predicted octanol–water partition coefficient (Wildman–Crippen LogP) is 2.84. The third kappa shape index (κ3) is 2.15. The van der Waals surface area contributed by atoms with Gasteiger partial charge in [0, 0.05) is 25.7 Å². The van der Waals surface area contributed by atoms with Gasteiger partial charge in [-0.1, -0.05) is 13.3 Å². The zero-order chi connectivity index (χ0) is 13.0. The molecule has 0 aromatic heterocycles. The van der Waals surface area contributed by atoms with Gasteiger partial charge >= 0.3 is 0 Å². The van der Waals surface area contributed by atoms with Gasteiger partial charge in [-0.15, -0.1) is 0 Å². The van der Waals surface area contributed by atoms with Crippen molar-refractivity contribution in [2.45, 2.75) is 51.5 Å². The molecular formula is C17H30N2. The van der Waals surface area contributed by atoms with E-state index in [2.05, 4.69) is 23.8 Å². The van der Waals surface area contributed by atoms with Gasteiger partial charge in [-0.05, 0) is 68.9 Å². The first-order valence-corrected chi connectivity index (χ1v) is 8.56. The first-order chi connectivity index (χ1) is 9.13. The summed E-state index contributed by atoms with van der Waals surface area (Å²) in [5, 5.41) is 0. The number of likely N-dealkylation sites (tertiary alicyclic amines) is 2. The minimum absolute atomic E-state index is 0.744. The molecule has 19 heavy (non-hydrogen) atoms. The van der Waals surface area contributed by atoms with Crippen molar-refractivity contribution in [1.82, 2.24) is 9.80 Å². The lowest BCUT2D eigenvalue weighted by atomic mass is 9.84. The summed E-state index contributed by atoms with van der Waals surface area (Å²) in [7, 11) is 2.30. The average molecular weight is 262 g/mol. The van der Waals surface area contributed by atoms with Crippen molar-refractivity contribution >= 4 is 0 Å². The normalized spacial score (nSPS) is 51.5. The van der Waals surface area contributed by atoms with Crippen LogP contribution in [0.4, 0.5) is 0 Å². The van der Waals surface area contributed by atoms with Crippen molar-refractivity contribution in [3.05, 3.63) is 0 Å². The van der Waals surface area contributed by atoms with Gasteiger partial charge in [0.2, 0.25) is 0 Å². The Labute approximate surface area is 118 Å². The van der Waals surface area contributed by atoms with Crippen LogP contribution in [0.3, 0.4) is 0 Å². The smallest absolute Gasteiger partial charge is 0.0102 e. The molecule has 4 rings (SSSR count). The molecular weight excluding hydrogens is 232 g/mol. The molecule has 1 spiro atoms. The highest BCUT2D eigenvalue weighted by molar-refractivity contribution is 5.01. The third-order valence-corrected chi connectivity index (χ3v) is 6.84. The summed E-state index contributed by atoms with van der Waals surface area (Å²) >= 11 is 0. The van der Waals surface area contributed by atoms with E-state index in [1.165, 1.54) is 64.7 Å². The van der Waals surface area contributed by atoms with Gasteiger partial charge in [0.05, 0.1) is 0 Å². The molecule has 0 aromatic carbocycles. The van der Waals surface area contributed by atoms with Crippen LogP contribution in [0, 0.1) is 23.2 Å². The van der Waals surface area contributed by atoms with Crippen molar-refractivity contribution in [3.63, 3.8) is 0 Å². The third-order valence-electron chi connectivity index (χ3n) is 6.84. The van der Waals surface area contributed by atoms with E-state index >= 15 is 0 Å². The SMILES string of the molecule is CC1CCC2(CCN(C3CC4CN(C)CC4C3)C2)C1. The van der Waals surface area contributed by atoms with E-state index in [0.29, 0.717) is 0 Å². The molecule has 4 aliphatic rings. The van der Waals surface area contributed by atoms with E-state index in [1.54, 1.807) is 0 Å². The molecule has 0 N–H and O–H groups in total. The molecule has 0 radical (unpaired) electrons. The molecule has 2 saturated carbocycles. The maximum atomic E-state index is 2.90. The minimum Gasteiger partial charge on any atom is -0.306 e. The van der Waals surface area contributed by atoms with E-state index in [0.717, 1.165) is 29.2 Å². The van der Waals surface area contributed by atoms with Crippen molar-refractivity contribution in [3.8, 4) is 0 Å². The van der Waals surface area contributed by atoms with Crippen LogP contribution in [0.2, 0.25) is 0 Å². The van der Waals surface area contributed by atoms with Crippen LogP contribution in [-0.2, 0) is 0 Å². The summed E-state index contributed by atoms with van der Waals surface area (Å²) in [6.45, 7) is 8.06. The first-order valence-electron chi connectivity index (χ1n) is 8.56. The summed E-state index contributed by atoms with van der Waals surface area (Å²) < 4.78 is 0. The van der Waals surface area contributed by atoms with Gasteiger partial charge in [0.1, 0.15) is 0 Å². The monoisotopic (exact) mass is 262 g/mol. The van der Waals surface area contributed by atoms with Crippen LogP contribution < -0.4 is 0 Å². The molecule has 2 heterocycles. The van der Waals surface area contributed by atoms with Gasteiger partial charge in [-0.3, -0.25) is 4.90 Å². The molecule has 2 aliphatic carbocycles. The van der Waals surface area contributed by atoms with Gasteiger partial charge in [0.25, 0.3) is 0 Å². The Morgan fingerprint density at radius 3 is 2.42 bits per heavy atom. The number of rotatable bonds is 1. The van der Waals surface area contributed by atoms with Gasteiger partial charge in [-0.25, -0.2) is 0 Å². The molecule has 2 aliphatic heterocycles. The molecule has 108 valence electrons. The summed E-state index contributed by atoms with van der Waals surface area (Å²) in [4.78, 5) is 5.45. The summed E-state index contributed by atoms with van der Waals surface area (Å²) in [5.41, 5.74) is 0.744. The highest BCUT2D eigenvalue weighted by Crippen LogP contribution is 2.50. The highest BCUT2D eigenvalue weighted by atomic mass is 15.2. The number of hydrogen-bond donors (Lipinski definition) is 0. The average Bonchev–Trinajstić information content (AvgIpc) is 3.05. The second-order valence-corrected chi connectivity index (χ2v) is 8.44. The Hall–Kier alpha value is -0.0800. The second-order valence-electron chi connectivity index (χ2n) is 8.44. The first kappa shape index (κ1) is 12.6. The van der Waals surface area contributed by atoms with Crippen LogP contribution in [-0.4, -0.2) is 49.1 Å². The Balaban J connectivity index is 1.38. The molecule has 0 aromatic rings. The molecule has 4 fully saturated rings. The fourth-order valence-corrected chi connectivity index (χ4v) is 5.95. The largest absolute Gasteiger partial charge is 0.306 e. The second kappa shape index (κ2) is 4.46. The van der Waals surface area contributed by atoms with Gasteiger partial charge in [-0.2, -0.15) is 0 Å². The predicted molar refractivity (Wildman–Crippen MR) is 79.1 cm³/mol. The standard InChI is InChI=1S/C17H30N2/c1-13-3-4-17(9-13)5-6-19(12-17)16-7-14-10-18(2)11-15(14)8-16/h13-16H,3-12H2,1-2H3. The van der Waals surface area contributed by atoms with E-state index in [9.17, 15) is 0 Å². The Kier molecular flexibility index (Phi) is 2.97. The van der Waals surface area contributed by atoms with Crippen LogP contribution in [0.5, 0.6) is 0 Å². The maximum Gasteiger partial charge on any atom is 0.0102 e. The highest BCUT2D eigenvalue weighted by Gasteiger charge is 2.47. The quantitative estimate of drug-likeness (QED) is 0.717. The van der Waals surface area contributed by atoms with Crippen LogP contribution >= 0.6 is 0 Å². The van der Waals surface area contributed by atoms with Crippen LogP contribution in [0.1, 0.15) is 45.4 Å². The molecule has 0 bridgehead atoms. The van der Waals surface area contributed by atoms with E-state index in [-0.39, 0.29) is 0 Å². The number of nitrogens with zero attached hydrogens (tertiary/aromatic N) is 2. The summed E-state index contributed by atoms with van der Waals surface area (Å²) in [6.07, 6.45) is 9.04. The topological polar surface area (TPSA) is 6.48 Å². The van der Waals surface area contributed by atoms with E-state index < -0.39 is 0 Å². The zero-order valence-electron chi connectivity index (χ0n) is 12.8. The lowest BCUT2D eigenvalue weighted by molar-refractivity contribution is 0.191. The Morgan fingerprint density at radius 1 is 1.05 bits per heavy atom. The van der Waals surface area contributed by atoms with Crippen molar-refractivity contribution in [2.75, 3.05) is 33.2 Å². The lowest BCUT2D eigenvalue weighted by Gasteiger charge is -2.28. The molecule has 4 atom stereocenters. The lowest BCUT2D eigenvalue weighted by Crippen LogP contribution is -2.34. The van der Waals surface area contributed by atoms with E-state index in [1.807, 2.05) is 0 Å². The summed E-state index contributed by atoms with van der Waals surface area (Å²) in [5.74, 6) is 3.04. The van der Waals surface area contributed by atoms with Gasteiger partial charge < -0.3 is 4.90 Å². The van der Waals surface area contributed by atoms with Crippen molar-refractivity contribution < 1.29 is 0 Å². The summed E-state index contributed by atoms with van der Waals surface area (Å²) in [6, 6.07) is 0.944. The molecule has 2 nitrogen and oxygen atoms in total. The van der Waals surface area contributed by atoms with Crippen LogP contribution in [0.15, 0.2) is 0 Å². The fourth-order valence-electron chi connectivity index (χ4n) is 5.95. The Bertz CT molecular complexity index is 341. The molecule has 2 saturated heterocycles. The van der Waals surface area contributed by atoms with Gasteiger partial charge in [0.15, 0.2) is 0 Å².